The van der Waals surface area contributed by atoms with Gasteiger partial charge in [-0.15, -0.1) is 0 Å². The van der Waals surface area contributed by atoms with Gasteiger partial charge in [-0.3, -0.25) is 0 Å². The van der Waals surface area contributed by atoms with E-state index < -0.39 is 6.10 Å². The van der Waals surface area contributed by atoms with E-state index in [0.29, 0.717) is 6.42 Å². The van der Waals surface area contributed by atoms with Crippen molar-refractivity contribution >= 4 is 15.9 Å². The van der Waals surface area contributed by atoms with Crippen LogP contribution in [0.25, 0.3) is 0 Å². The van der Waals surface area contributed by atoms with Crippen molar-refractivity contribution in [3.8, 4) is 11.5 Å². The standard InChI is InChI=1S/C17H20BrNO3/c1-19-6-5-17-4-3-10(20)7-14(17)22-16-13(21-2)8-12(18)11(9-19)15(16)17/h3-4,8,10,14,20H,5-7,9H2,1-2H3/t10-,14?,17?/m0/s1. The molecule has 0 bridgehead atoms. The second-order valence-corrected chi connectivity index (χ2v) is 7.39. The smallest absolute Gasteiger partial charge is 0.166 e. The van der Waals surface area contributed by atoms with Gasteiger partial charge in [0.2, 0.25) is 0 Å². The van der Waals surface area contributed by atoms with Gasteiger partial charge in [0.1, 0.15) is 6.10 Å². The van der Waals surface area contributed by atoms with E-state index in [2.05, 4.69) is 34.0 Å². The van der Waals surface area contributed by atoms with Crippen LogP contribution in [-0.2, 0) is 12.0 Å². The van der Waals surface area contributed by atoms with E-state index in [1.165, 1.54) is 11.1 Å². The number of ether oxygens (including phenoxy) is 2. The van der Waals surface area contributed by atoms with Gasteiger partial charge >= 0.3 is 0 Å². The van der Waals surface area contributed by atoms with Crippen molar-refractivity contribution in [3.63, 3.8) is 0 Å². The van der Waals surface area contributed by atoms with Crippen LogP contribution in [0.5, 0.6) is 11.5 Å². The maximum atomic E-state index is 10.0. The van der Waals surface area contributed by atoms with Crippen molar-refractivity contribution < 1.29 is 14.6 Å². The molecule has 22 heavy (non-hydrogen) atoms. The number of aliphatic hydroxyl groups excluding tert-OH is 1. The van der Waals surface area contributed by atoms with Crippen LogP contribution >= 0.6 is 15.9 Å². The highest BCUT2D eigenvalue weighted by molar-refractivity contribution is 9.10. The van der Waals surface area contributed by atoms with E-state index in [-0.39, 0.29) is 11.5 Å². The third-order valence-corrected chi connectivity index (χ3v) is 5.93. The van der Waals surface area contributed by atoms with E-state index >= 15 is 0 Å². The van der Waals surface area contributed by atoms with Crippen molar-refractivity contribution in [1.29, 1.82) is 0 Å². The normalized spacial score (nSPS) is 32.9. The summed E-state index contributed by atoms with van der Waals surface area (Å²) in [5, 5.41) is 10.0. The summed E-state index contributed by atoms with van der Waals surface area (Å²) in [5.74, 6) is 1.63. The number of hydrogen-bond acceptors (Lipinski definition) is 4. The molecule has 4 rings (SSSR count). The summed E-state index contributed by atoms with van der Waals surface area (Å²) in [6.45, 7) is 1.89. The second-order valence-electron chi connectivity index (χ2n) is 6.54. The van der Waals surface area contributed by atoms with Gasteiger partial charge in [-0.05, 0) is 31.6 Å². The number of methoxy groups -OCH3 is 1. The lowest BCUT2D eigenvalue weighted by Gasteiger charge is -2.35. The molecule has 2 heterocycles. The molecular formula is C17H20BrNO3. The first-order valence-corrected chi connectivity index (χ1v) is 8.47. The number of aliphatic hydroxyl groups is 1. The average molecular weight is 366 g/mol. The Bertz CT molecular complexity index is 660. The predicted octanol–water partition coefficient (Wildman–Crippen LogP) is 2.61. The SMILES string of the molecule is COc1cc(Br)c2c3c1OC1C[C@@H](O)C=CC31CCN(C)C2. The van der Waals surface area contributed by atoms with Crippen molar-refractivity contribution in [2.24, 2.45) is 0 Å². The lowest BCUT2D eigenvalue weighted by atomic mass is 9.69. The van der Waals surface area contributed by atoms with Crippen molar-refractivity contribution in [3.05, 3.63) is 33.8 Å². The minimum absolute atomic E-state index is 0.0176. The molecule has 1 aliphatic carbocycles. The summed E-state index contributed by atoms with van der Waals surface area (Å²) >= 11 is 3.71. The van der Waals surface area contributed by atoms with Gasteiger partial charge in [0.05, 0.1) is 18.6 Å². The Labute approximate surface area is 138 Å². The lowest BCUT2D eigenvalue weighted by molar-refractivity contribution is 0.0821. The van der Waals surface area contributed by atoms with Crippen LogP contribution in [0.15, 0.2) is 22.7 Å². The highest BCUT2D eigenvalue weighted by Crippen LogP contribution is 2.57. The quantitative estimate of drug-likeness (QED) is 0.776. The van der Waals surface area contributed by atoms with Crippen LogP contribution in [0.2, 0.25) is 0 Å². The summed E-state index contributed by atoms with van der Waals surface area (Å²) in [6.07, 6.45) is 5.29. The summed E-state index contributed by atoms with van der Waals surface area (Å²) in [7, 11) is 3.83. The molecule has 0 amide bonds. The molecule has 0 fully saturated rings. The third kappa shape index (κ3) is 1.88. The van der Waals surface area contributed by atoms with Crippen LogP contribution in [0.1, 0.15) is 24.0 Å². The monoisotopic (exact) mass is 365 g/mol. The van der Waals surface area contributed by atoms with Crippen LogP contribution in [0.4, 0.5) is 0 Å². The fraction of sp³-hybridized carbons (Fsp3) is 0.529. The largest absolute Gasteiger partial charge is 0.493 e. The molecule has 0 aromatic heterocycles. The zero-order valence-corrected chi connectivity index (χ0v) is 14.4. The molecule has 2 unspecified atom stereocenters. The average Bonchev–Trinajstić information content (AvgIpc) is 2.74. The van der Waals surface area contributed by atoms with Crippen LogP contribution < -0.4 is 9.47 Å². The topological polar surface area (TPSA) is 41.9 Å². The first-order valence-electron chi connectivity index (χ1n) is 7.67. The van der Waals surface area contributed by atoms with E-state index in [4.69, 9.17) is 9.47 Å². The fourth-order valence-electron chi connectivity index (χ4n) is 4.10. The number of benzene rings is 1. The van der Waals surface area contributed by atoms with E-state index in [1.807, 2.05) is 12.1 Å². The Morgan fingerprint density at radius 2 is 2.32 bits per heavy atom. The molecule has 0 radical (unpaired) electrons. The molecule has 3 aliphatic rings. The minimum atomic E-state index is -0.427. The highest BCUT2D eigenvalue weighted by atomic mass is 79.9. The molecule has 118 valence electrons. The Morgan fingerprint density at radius 3 is 3.09 bits per heavy atom. The molecule has 4 nitrogen and oxygen atoms in total. The second kappa shape index (κ2) is 4.98. The number of nitrogens with zero attached hydrogens (tertiary/aromatic N) is 1. The number of rotatable bonds is 1. The molecule has 2 aliphatic heterocycles. The molecule has 1 N–H and O–H groups in total. The number of halogens is 1. The zero-order valence-electron chi connectivity index (χ0n) is 12.8. The minimum Gasteiger partial charge on any atom is -0.493 e. The Kier molecular flexibility index (Phi) is 3.29. The first kappa shape index (κ1) is 14.5. The van der Waals surface area contributed by atoms with Gasteiger partial charge in [0.15, 0.2) is 11.5 Å². The Hall–Kier alpha value is -1.04. The maximum Gasteiger partial charge on any atom is 0.166 e. The van der Waals surface area contributed by atoms with Crippen LogP contribution in [-0.4, -0.2) is 42.9 Å². The fourth-order valence-corrected chi connectivity index (χ4v) is 4.63. The summed E-state index contributed by atoms with van der Waals surface area (Å²) < 4.78 is 12.9. The van der Waals surface area contributed by atoms with Crippen molar-refractivity contribution in [2.75, 3.05) is 20.7 Å². The molecule has 3 atom stereocenters. The first-order chi connectivity index (χ1) is 10.5. The molecule has 5 heteroatoms. The van der Waals surface area contributed by atoms with Gasteiger partial charge in [0.25, 0.3) is 0 Å². The molecule has 1 spiro atoms. The number of hydrogen-bond donors (Lipinski definition) is 1. The van der Waals surface area contributed by atoms with Gasteiger partial charge in [-0.2, -0.15) is 0 Å². The summed E-state index contributed by atoms with van der Waals surface area (Å²) in [5.41, 5.74) is 2.38. The highest BCUT2D eigenvalue weighted by Gasteiger charge is 2.53. The third-order valence-electron chi connectivity index (χ3n) is 5.23. The maximum absolute atomic E-state index is 10.0. The van der Waals surface area contributed by atoms with E-state index in [1.54, 1.807) is 7.11 Å². The molecule has 0 saturated heterocycles. The van der Waals surface area contributed by atoms with Gasteiger partial charge in [0, 0.05) is 23.0 Å². The van der Waals surface area contributed by atoms with Crippen molar-refractivity contribution in [2.45, 2.75) is 37.0 Å². The summed E-state index contributed by atoms with van der Waals surface area (Å²) in [6, 6.07) is 2.00. The zero-order chi connectivity index (χ0) is 15.5. The molecule has 1 aromatic carbocycles. The van der Waals surface area contributed by atoms with Crippen molar-refractivity contribution in [1.82, 2.24) is 4.90 Å². The summed E-state index contributed by atoms with van der Waals surface area (Å²) in [4.78, 5) is 2.34. The lowest BCUT2D eigenvalue weighted by Crippen LogP contribution is -2.42. The van der Waals surface area contributed by atoms with Gasteiger partial charge < -0.3 is 19.5 Å². The molecular weight excluding hydrogens is 346 g/mol. The molecule has 0 saturated carbocycles. The molecule has 1 aromatic rings. The van der Waals surface area contributed by atoms with Gasteiger partial charge in [-0.1, -0.05) is 28.1 Å². The van der Waals surface area contributed by atoms with Crippen LogP contribution in [0.3, 0.4) is 0 Å². The Morgan fingerprint density at radius 1 is 1.50 bits per heavy atom. The van der Waals surface area contributed by atoms with Gasteiger partial charge in [-0.25, -0.2) is 0 Å². The van der Waals surface area contributed by atoms with E-state index in [0.717, 1.165) is 35.5 Å². The van der Waals surface area contributed by atoms with E-state index in [9.17, 15) is 5.11 Å². The Balaban J connectivity index is 2.00. The van der Waals surface area contributed by atoms with Crippen LogP contribution in [0, 0.1) is 0 Å². The predicted molar refractivity (Wildman–Crippen MR) is 87.5 cm³/mol.